The molecule has 2 nitrogen and oxygen atoms in total. The number of ether oxygens (including phenoxy) is 1. The van der Waals surface area contributed by atoms with E-state index in [0.717, 1.165) is 18.8 Å². The summed E-state index contributed by atoms with van der Waals surface area (Å²) in [6, 6.07) is 17.2. The first kappa shape index (κ1) is 20.5. The Hall–Kier alpha value is -1.80. The zero-order valence-electron chi connectivity index (χ0n) is 17.1. The van der Waals surface area contributed by atoms with Crippen molar-refractivity contribution >= 4 is 0 Å². The van der Waals surface area contributed by atoms with Crippen LogP contribution in [0.2, 0.25) is 0 Å². The fourth-order valence-electron chi connectivity index (χ4n) is 3.41. The molecule has 0 fully saturated rings. The van der Waals surface area contributed by atoms with Crippen LogP contribution in [0.5, 0.6) is 5.75 Å². The maximum absolute atomic E-state index is 5.99. The van der Waals surface area contributed by atoms with Crippen molar-refractivity contribution in [1.29, 1.82) is 0 Å². The van der Waals surface area contributed by atoms with Gasteiger partial charge in [0.2, 0.25) is 0 Å². The van der Waals surface area contributed by atoms with Crippen molar-refractivity contribution < 1.29 is 4.74 Å². The maximum atomic E-state index is 5.99. The predicted molar refractivity (Wildman–Crippen MR) is 112 cm³/mol. The molecule has 1 N–H and O–H groups in total. The highest BCUT2D eigenvalue weighted by Gasteiger charge is 2.17. The average molecular weight is 354 g/mol. The summed E-state index contributed by atoms with van der Waals surface area (Å²) in [5.74, 6) is 2.92. The number of nitrogens with one attached hydrogen (secondary N) is 1. The molecule has 0 saturated carbocycles. The highest BCUT2D eigenvalue weighted by Crippen LogP contribution is 2.32. The van der Waals surface area contributed by atoms with Crippen LogP contribution in [0.1, 0.15) is 56.7 Å². The normalized spacial score (nSPS) is 12.6. The number of benzene rings is 2. The minimum absolute atomic E-state index is 0.595. The van der Waals surface area contributed by atoms with E-state index in [9.17, 15) is 0 Å². The summed E-state index contributed by atoms with van der Waals surface area (Å²) in [5, 5.41) is 3.47. The lowest BCUT2D eigenvalue weighted by molar-refractivity contribution is 0.312. The van der Waals surface area contributed by atoms with Gasteiger partial charge in [0.05, 0.1) is 0 Å². The molecule has 26 heavy (non-hydrogen) atoms. The molecule has 0 radical (unpaired) electrons. The zero-order valence-corrected chi connectivity index (χ0v) is 17.1. The van der Waals surface area contributed by atoms with Crippen LogP contribution < -0.4 is 10.1 Å². The molecule has 0 aliphatic carbocycles. The lowest BCUT2D eigenvalue weighted by Gasteiger charge is -2.24. The lowest BCUT2D eigenvalue weighted by Crippen LogP contribution is -2.21. The van der Waals surface area contributed by atoms with Gasteiger partial charge in [-0.2, -0.15) is 0 Å². The fraction of sp³-hybridized carbons (Fsp3) is 0.500. The van der Waals surface area contributed by atoms with Crippen LogP contribution in [0.4, 0.5) is 0 Å². The first-order valence-electron chi connectivity index (χ1n) is 9.95. The zero-order chi connectivity index (χ0) is 18.9. The van der Waals surface area contributed by atoms with Gasteiger partial charge in [-0.3, -0.25) is 0 Å². The van der Waals surface area contributed by atoms with Crippen LogP contribution in [0.3, 0.4) is 0 Å². The summed E-state index contributed by atoms with van der Waals surface area (Å²) in [5.41, 5.74) is 4.08. The molecule has 1 unspecified atom stereocenters. The third-order valence-corrected chi connectivity index (χ3v) is 4.94. The summed E-state index contributed by atoms with van der Waals surface area (Å²) in [6.45, 7) is 13.8. The van der Waals surface area contributed by atoms with E-state index in [0.29, 0.717) is 24.4 Å². The van der Waals surface area contributed by atoms with Crippen molar-refractivity contribution in [3.63, 3.8) is 0 Å². The Morgan fingerprint density at radius 1 is 0.962 bits per heavy atom. The second kappa shape index (κ2) is 10.4. The molecule has 2 rings (SSSR count). The van der Waals surface area contributed by atoms with Crippen LogP contribution in [0.25, 0.3) is 0 Å². The molecule has 0 bridgehead atoms. The number of hydrogen-bond acceptors (Lipinski definition) is 2. The molecule has 2 aromatic carbocycles. The monoisotopic (exact) mass is 353 g/mol. The Kier molecular flexibility index (Phi) is 8.18. The highest BCUT2D eigenvalue weighted by atomic mass is 16.5. The Morgan fingerprint density at radius 2 is 1.73 bits per heavy atom. The van der Waals surface area contributed by atoms with E-state index < -0.39 is 0 Å². The van der Waals surface area contributed by atoms with Crippen LogP contribution in [-0.4, -0.2) is 13.2 Å². The highest BCUT2D eigenvalue weighted by molar-refractivity contribution is 5.31. The summed E-state index contributed by atoms with van der Waals surface area (Å²) in [7, 11) is 0. The van der Waals surface area contributed by atoms with Crippen molar-refractivity contribution in [3.05, 3.63) is 65.2 Å². The first-order chi connectivity index (χ1) is 12.5. The van der Waals surface area contributed by atoms with Gasteiger partial charge in [0.1, 0.15) is 12.4 Å². The minimum atomic E-state index is 0.595. The Bertz CT molecular complexity index is 663. The summed E-state index contributed by atoms with van der Waals surface area (Å²) >= 11 is 0. The van der Waals surface area contributed by atoms with Gasteiger partial charge in [-0.25, -0.2) is 0 Å². The van der Waals surface area contributed by atoms with Gasteiger partial charge in [0.15, 0.2) is 0 Å². The maximum Gasteiger partial charge on any atom is 0.119 e. The first-order valence-corrected chi connectivity index (χ1v) is 9.95. The van der Waals surface area contributed by atoms with Crippen molar-refractivity contribution in [1.82, 2.24) is 5.32 Å². The molecule has 0 saturated heterocycles. The molecule has 142 valence electrons. The van der Waals surface area contributed by atoms with Crippen LogP contribution in [0.15, 0.2) is 48.5 Å². The molecule has 0 amide bonds. The molecule has 0 aliphatic heterocycles. The molecule has 1 atom stereocenters. The number of aryl methyl sites for hydroxylation is 1. The number of hydrogen-bond donors (Lipinski definition) is 1. The molecule has 0 aliphatic rings. The van der Waals surface area contributed by atoms with Crippen molar-refractivity contribution in [2.24, 2.45) is 11.8 Å². The molecule has 2 aromatic rings. The molecule has 0 heterocycles. The SMILES string of the molecule is Cc1ccccc1CNCCOc1cccc(C(CC(C)C)C(C)C)c1. The molecule has 2 heteroatoms. The Labute approximate surface area is 160 Å². The van der Waals surface area contributed by atoms with Crippen molar-refractivity contribution in [2.45, 2.75) is 53.5 Å². The topological polar surface area (TPSA) is 21.3 Å². The second-order valence-corrected chi connectivity index (χ2v) is 8.00. The molecular formula is C24H35NO. The smallest absolute Gasteiger partial charge is 0.119 e. The second-order valence-electron chi connectivity index (χ2n) is 8.00. The van der Waals surface area contributed by atoms with Crippen molar-refractivity contribution in [2.75, 3.05) is 13.2 Å². The summed E-state index contributed by atoms with van der Waals surface area (Å²) in [6.07, 6.45) is 1.22. The van der Waals surface area contributed by atoms with Gasteiger partial charge in [0, 0.05) is 13.1 Å². The molecule has 0 aromatic heterocycles. The largest absolute Gasteiger partial charge is 0.492 e. The summed E-state index contributed by atoms with van der Waals surface area (Å²) in [4.78, 5) is 0. The average Bonchev–Trinajstić information content (AvgIpc) is 2.61. The van der Waals surface area contributed by atoms with E-state index in [1.54, 1.807) is 0 Å². The van der Waals surface area contributed by atoms with E-state index in [-0.39, 0.29) is 0 Å². The van der Waals surface area contributed by atoms with Crippen LogP contribution >= 0.6 is 0 Å². The lowest BCUT2D eigenvalue weighted by atomic mass is 9.82. The van der Waals surface area contributed by atoms with E-state index in [1.165, 1.54) is 23.1 Å². The third kappa shape index (κ3) is 6.49. The van der Waals surface area contributed by atoms with E-state index in [4.69, 9.17) is 4.74 Å². The molecule has 0 spiro atoms. The van der Waals surface area contributed by atoms with Crippen LogP contribution in [0, 0.1) is 18.8 Å². The molecular weight excluding hydrogens is 318 g/mol. The summed E-state index contributed by atoms with van der Waals surface area (Å²) < 4.78 is 5.99. The van der Waals surface area contributed by atoms with Gasteiger partial charge >= 0.3 is 0 Å². The van der Waals surface area contributed by atoms with E-state index in [2.05, 4.69) is 88.5 Å². The fourth-order valence-corrected chi connectivity index (χ4v) is 3.41. The standard InChI is InChI=1S/C24H35NO/c1-18(2)15-24(19(3)4)21-11-8-12-23(16-21)26-14-13-25-17-22-10-7-6-9-20(22)5/h6-12,16,18-19,24-25H,13-15,17H2,1-5H3. The predicted octanol–water partition coefficient (Wildman–Crippen LogP) is 5.95. The van der Waals surface area contributed by atoms with Gasteiger partial charge in [-0.05, 0) is 59.9 Å². The third-order valence-electron chi connectivity index (χ3n) is 4.94. The van der Waals surface area contributed by atoms with Crippen LogP contribution in [-0.2, 0) is 6.54 Å². The number of rotatable bonds is 10. The van der Waals surface area contributed by atoms with Gasteiger partial charge in [-0.15, -0.1) is 0 Å². The Morgan fingerprint density at radius 3 is 2.42 bits per heavy atom. The Balaban J connectivity index is 1.83. The van der Waals surface area contributed by atoms with E-state index in [1.807, 2.05) is 0 Å². The van der Waals surface area contributed by atoms with E-state index >= 15 is 0 Å². The minimum Gasteiger partial charge on any atom is -0.492 e. The van der Waals surface area contributed by atoms with Gasteiger partial charge < -0.3 is 10.1 Å². The van der Waals surface area contributed by atoms with Gasteiger partial charge in [-0.1, -0.05) is 64.1 Å². The van der Waals surface area contributed by atoms with Crippen molar-refractivity contribution in [3.8, 4) is 5.75 Å². The quantitative estimate of drug-likeness (QED) is 0.533. The van der Waals surface area contributed by atoms with Gasteiger partial charge in [0.25, 0.3) is 0 Å².